The van der Waals surface area contributed by atoms with E-state index in [9.17, 15) is 0 Å². The monoisotopic (exact) mass is 216 g/mol. The molecule has 0 atom stereocenters. The van der Waals surface area contributed by atoms with E-state index < -0.39 is 0 Å². The summed E-state index contributed by atoms with van der Waals surface area (Å²) >= 11 is 0. The van der Waals surface area contributed by atoms with Gasteiger partial charge in [-0.3, -0.25) is 0 Å². The van der Waals surface area contributed by atoms with E-state index in [1.807, 2.05) is 6.92 Å². The van der Waals surface area contributed by atoms with Crippen molar-refractivity contribution in [2.45, 2.75) is 20.3 Å². The first-order valence-corrected chi connectivity index (χ1v) is 5.56. The molecule has 1 N–H and O–H groups in total. The molecule has 0 radical (unpaired) electrons. The van der Waals surface area contributed by atoms with Crippen molar-refractivity contribution < 1.29 is 4.42 Å². The van der Waals surface area contributed by atoms with E-state index >= 15 is 0 Å². The number of hydrogen-bond donors (Lipinski definition) is 1. The van der Waals surface area contributed by atoms with Crippen molar-refractivity contribution in [2.24, 2.45) is 0 Å². The van der Waals surface area contributed by atoms with Crippen LogP contribution >= 0.6 is 0 Å². The van der Waals surface area contributed by atoms with Crippen LogP contribution in [0.3, 0.4) is 0 Å². The van der Waals surface area contributed by atoms with Crippen LogP contribution in [0, 0.1) is 6.92 Å². The Morgan fingerprint density at radius 1 is 1.25 bits per heavy atom. The van der Waals surface area contributed by atoms with Crippen LogP contribution in [0.15, 0.2) is 34.9 Å². The number of nitrogens with one attached hydrogen (secondary N) is 1. The molecule has 1 heterocycles. The lowest BCUT2D eigenvalue weighted by Gasteiger charge is -2.04. The number of benzene rings is 1. The smallest absolute Gasteiger partial charge is 0.191 e. The average molecular weight is 216 g/mol. The van der Waals surface area contributed by atoms with Crippen LogP contribution in [0.1, 0.15) is 19.2 Å². The number of nitrogens with zero attached hydrogens (tertiary/aromatic N) is 1. The second kappa shape index (κ2) is 4.84. The predicted molar refractivity (Wildman–Crippen MR) is 65.5 cm³/mol. The summed E-state index contributed by atoms with van der Waals surface area (Å²) in [6.45, 7) is 5.00. The van der Waals surface area contributed by atoms with Crippen molar-refractivity contribution in [3.63, 3.8) is 0 Å². The Labute approximate surface area is 95.5 Å². The lowest BCUT2D eigenvalue weighted by Crippen LogP contribution is -1.98. The van der Waals surface area contributed by atoms with E-state index in [4.69, 9.17) is 4.42 Å². The van der Waals surface area contributed by atoms with Gasteiger partial charge in [0.15, 0.2) is 5.89 Å². The van der Waals surface area contributed by atoms with Gasteiger partial charge in [-0.2, -0.15) is 0 Å². The first-order chi connectivity index (χ1) is 7.79. The first kappa shape index (κ1) is 10.7. The molecule has 0 fully saturated rings. The number of aryl methyl sites for hydroxylation is 1. The third-order valence-electron chi connectivity index (χ3n) is 2.38. The van der Waals surface area contributed by atoms with Gasteiger partial charge in [-0.15, -0.1) is 0 Å². The molecule has 0 spiro atoms. The van der Waals surface area contributed by atoms with Gasteiger partial charge in [0.05, 0.1) is 0 Å². The van der Waals surface area contributed by atoms with E-state index in [0.717, 1.165) is 29.9 Å². The van der Waals surface area contributed by atoms with Gasteiger partial charge in [-0.1, -0.05) is 19.1 Å². The molecule has 2 rings (SSSR count). The molecular weight excluding hydrogens is 200 g/mol. The van der Waals surface area contributed by atoms with Gasteiger partial charge in [0.25, 0.3) is 0 Å². The van der Waals surface area contributed by atoms with Crippen molar-refractivity contribution >= 4 is 5.69 Å². The molecule has 2 aromatic rings. The minimum atomic E-state index is 0.697. The quantitative estimate of drug-likeness (QED) is 0.850. The Hall–Kier alpha value is -1.77. The summed E-state index contributed by atoms with van der Waals surface area (Å²) in [6, 6.07) is 8.23. The number of anilines is 1. The highest BCUT2D eigenvalue weighted by atomic mass is 16.3. The van der Waals surface area contributed by atoms with Gasteiger partial charge in [0, 0.05) is 24.7 Å². The normalized spacial score (nSPS) is 10.4. The van der Waals surface area contributed by atoms with Crippen molar-refractivity contribution in [3.8, 4) is 11.3 Å². The minimum absolute atomic E-state index is 0.697. The van der Waals surface area contributed by atoms with Crippen molar-refractivity contribution in [2.75, 3.05) is 11.9 Å². The highest BCUT2D eigenvalue weighted by molar-refractivity contribution is 5.61. The Morgan fingerprint density at radius 2 is 2.00 bits per heavy atom. The Morgan fingerprint density at radius 3 is 2.56 bits per heavy atom. The molecule has 0 saturated heterocycles. The summed E-state index contributed by atoms with van der Waals surface area (Å²) in [7, 11) is 0. The number of rotatable bonds is 4. The summed E-state index contributed by atoms with van der Waals surface area (Å²) in [5.41, 5.74) is 3.12. The van der Waals surface area contributed by atoms with Crippen LogP contribution in [-0.4, -0.2) is 11.5 Å². The van der Waals surface area contributed by atoms with E-state index in [1.165, 1.54) is 0 Å². The highest BCUT2D eigenvalue weighted by Crippen LogP contribution is 2.20. The fraction of sp³-hybridized carbons (Fsp3) is 0.308. The summed E-state index contributed by atoms with van der Waals surface area (Å²) in [4.78, 5) is 4.29. The molecular formula is C13H16N2O. The molecule has 0 bridgehead atoms. The van der Waals surface area contributed by atoms with E-state index in [2.05, 4.69) is 41.5 Å². The molecule has 1 aromatic heterocycles. The fourth-order valence-corrected chi connectivity index (χ4v) is 1.52. The molecule has 0 saturated carbocycles. The zero-order valence-electron chi connectivity index (χ0n) is 9.66. The van der Waals surface area contributed by atoms with Gasteiger partial charge < -0.3 is 9.73 Å². The standard InChI is InChI=1S/C13H16N2O/c1-3-8-14-12-6-4-11(5-7-12)13-9-16-10(2)15-13/h4-7,9,14H,3,8H2,1-2H3. The highest BCUT2D eigenvalue weighted by Gasteiger charge is 2.02. The molecule has 0 amide bonds. The molecule has 84 valence electrons. The van der Waals surface area contributed by atoms with Crippen LogP contribution in [0.4, 0.5) is 5.69 Å². The van der Waals surface area contributed by atoms with Crippen molar-refractivity contribution in [1.82, 2.24) is 4.98 Å². The van der Waals surface area contributed by atoms with Crippen LogP contribution in [-0.2, 0) is 0 Å². The van der Waals surface area contributed by atoms with Gasteiger partial charge >= 0.3 is 0 Å². The third-order valence-corrected chi connectivity index (χ3v) is 2.38. The van der Waals surface area contributed by atoms with E-state index in [0.29, 0.717) is 5.89 Å². The van der Waals surface area contributed by atoms with Gasteiger partial charge in [-0.25, -0.2) is 4.98 Å². The van der Waals surface area contributed by atoms with Gasteiger partial charge in [-0.05, 0) is 18.6 Å². The largest absolute Gasteiger partial charge is 0.449 e. The predicted octanol–water partition coefficient (Wildman–Crippen LogP) is 3.47. The second-order valence-electron chi connectivity index (χ2n) is 3.76. The maximum Gasteiger partial charge on any atom is 0.191 e. The summed E-state index contributed by atoms with van der Waals surface area (Å²) < 4.78 is 5.19. The fourth-order valence-electron chi connectivity index (χ4n) is 1.52. The molecule has 0 aliphatic rings. The number of hydrogen-bond acceptors (Lipinski definition) is 3. The van der Waals surface area contributed by atoms with Crippen LogP contribution in [0.25, 0.3) is 11.3 Å². The molecule has 3 nitrogen and oxygen atoms in total. The van der Waals surface area contributed by atoms with Crippen molar-refractivity contribution in [3.05, 3.63) is 36.4 Å². The lowest BCUT2D eigenvalue weighted by molar-refractivity contribution is 0.521. The lowest BCUT2D eigenvalue weighted by atomic mass is 10.1. The van der Waals surface area contributed by atoms with E-state index in [1.54, 1.807) is 6.26 Å². The first-order valence-electron chi connectivity index (χ1n) is 5.56. The molecule has 0 unspecified atom stereocenters. The molecule has 3 heteroatoms. The average Bonchev–Trinajstić information content (AvgIpc) is 2.74. The maximum absolute atomic E-state index is 5.19. The zero-order valence-corrected chi connectivity index (χ0v) is 9.66. The Kier molecular flexibility index (Phi) is 3.25. The van der Waals surface area contributed by atoms with E-state index in [-0.39, 0.29) is 0 Å². The van der Waals surface area contributed by atoms with Crippen molar-refractivity contribution in [1.29, 1.82) is 0 Å². The molecule has 1 aromatic carbocycles. The summed E-state index contributed by atoms with van der Waals surface area (Å²) in [5.74, 6) is 0.697. The Bertz CT molecular complexity index is 445. The topological polar surface area (TPSA) is 38.1 Å². The van der Waals surface area contributed by atoms with Crippen LogP contribution < -0.4 is 5.32 Å². The third kappa shape index (κ3) is 2.42. The summed E-state index contributed by atoms with van der Waals surface area (Å²) in [6.07, 6.45) is 2.81. The zero-order chi connectivity index (χ0) is 11.4. The maximum atomic E-state index is 5.19. The second-order valence-corrected chi connectivity index (χ2v) is 3.76. The van der Waals surface area contributed by atoms with Gasteiger partial charge in [0.1, 0.15) is 12.0 Å². The van der Waals surface area contributed by atoms with Crippen LogP contribution in [0.2, 0.25) is 0 Å². The SMILES string of the molecule is CCCNc1ccc(-c2coc(C)n2)cc1. The number of oxazole rings is 1. The Balaban J connectivity index is 2.13. The molecule has 16 heavy (non-hydrogen) atoms. The van der Waals surface area contributed by atoms with Crippen LogP contribution in [0.5, 0.6) is 0 Å². The summed E-state index contributed by atoms with van der Waals surface area (Å²) in [5, 5.41) is 3.33. The number of aromatic nitrogens is 1. The molecule has 0 aliphatic heterocycles. The van der Waals surface area contributed by atoms with Gasteiger partial charge in [0.2, 0.25) is 0 Å². The minimum Gasteiger partial charge on any atom is -0.449 e. The molecule has 0 aliphatic carbocycles.